The van der Waals surface area contributed by atoms with Crippen molar-refractivity contribution in [2.45, 2.75) is 51.0 Å². The molecule has 3 aliphatic rings. The fourth-order valence-electron chi connectivity index (χ4n) is 5.13. The summed E-state index contributed by atoms with van der Waals surface area (Å²) in [5.74, 6) is 1.01. The molecule has 1 aliphatic heterocycles. The zero-order chi connectivity index (χ0) is 23.8. The minimum absolute atomic E-state index is 0.119. The van der Waals surface area contributed by atoms with Crippen molar-refractivity contribution >= 4 is 43.4 Å². The zero-order valence-corrected chi connectivity index (χ0v) is 22.1. The van der Waals surface area contributed by atoms with Crippen LogP contribution < -0.4 is 14.8 Å². The summed E-state index contributed by atoms with van der Waals surface area (Å²) in [4.78, 5) is 26.2. The largest absolute Gasteiger partial charge is 0.493 e. The molecule has 176 valence electrons. The summed E-state index contributed by atoms with van der Waals surface area (Å²) in [6.45, 7) is 0.366. The first-order valence-electron chi connectivity index (χ1n) is 11.5. The zero-order valence-electron chi connectivity index (χ0n) is 18.9. The van der Waals surface area contributed by atoms with Gasteiger partial charge in [-0.25, -0.2) is 0 Å². The second-order valence-corrected chi connectivity index (χ2v) is 10.5. The molecule has 2 aromatic rings. The minimum Gasteiger partial charge on any atom is -0.493 e. The Morgan fingerprint density at radius 3 is 2.18 bits per heavy atom. The quantitative estimate of drug-likeness (QED) is 0.433. The standard InChI is InChI=1S/C27H25Br2NO4/c1-33-23-13-16(12-18(29)27(23)34-14-15-6-2-3-7-17(15)28)24-25-19(8-4-10-21(25)31)30-20-9-5-11-22(32)26(20)24/h2-3,6-7,12-13,24,30H,4-5,8-11,14H2,1H3. The minimum atomic E-state index is -0.380. The van der Waals surface area contributed by atoms with Crippen LogP contribution in [0.15, 0.2) is 67.9 Å². The molecule has 2 aromatic carbocycles. The van der Waals surface area contributed by atoms with Crippen LogP contribution in [0.5, 0.6) is 11.5 Å². The van der Waals surface area contributed by atoms with Crippen LogP contribution in [0.4, 0.5) is 0 Å². The summed E-state index contributed by atoms with van der Waals surface area (Å²) >= 11 is 7.23. The predicted molar refractivity (Wildman–Crippen MR) is 137 cm³/mol. The van der Waals surface area contributed by atoms with E-state index in [0.717, 1.165) is 68.3 Å². The maximum absolute atomic E-state index is 13.1. The van der Waals surface area contributed by atoms with Crippen LogP contribution in [-0.2, 0) is 16.2 Å². The number of dihydropyridines is 1. The van der Waals surface area contributed by atoms with Crippen molar-refractivity contribution in [1.82, 2.24) is 5.32 Å². The van der Waals surface area contributed by atoms with Crippen molar-refractivity contribution in [2.75, 3.05) is 7.11 Å². The number of hydrogen-bond donors (Lipinski definition) is 1. The maximum Gasteiger partial charge on any atom is 0.175 e. The Labute approximate surface area is 215 Å². The van der Waals surface area contributed by atoms with E-state index in [9.17, 15) is 9.59 Å². The highest BCUT2D eigenvalue weighted by Crippen LogP contribution is 2.48. The van der Waals surface area contributed by atoms with Crippen molar-refractivity contribution < 1.29 is 19.1 Å². The van der Waals surface area contributed by atoms with Gasteiger partial charge in [-0.3, -0.25) is 9.59 Å². The Morgan fingerprint density at radius 2 is 1.56 bits per heavy atom. The number of carbonyl (C=O) groups is 2. The Kier molecular flexibility index (Phi) is 6.67. The molecule has 0 bridgehead atoms. The van der Waals surface area contributed by atoms with Crippen LogP contribution in [0.1, 0.15) is 55.6 Å². The molecule has 2 aliphatic carbocycles. The van der Waals surface area contributed by atoms with Gasteiger partial charge in [0, 0.05) is 51.3 Å². The number of methoxy groups -OCH3 is 1. The molecule has 7 heteroatoms. The molecule has 5 nitrogen and oxygen atoms in total. The van der Waals surface area contributed by atoms with Crippen LogP contribution in [0, 0.1) is 0 Å². The normalized spacial score (nSPS) is 18.4. The van der Waals surface area contributed by atoms with Crippen molar-refractivity contribution in [2.24, 2.45) is 0 Å². The summed E-state index contributed by atoms with van der Waals surface area (Å²) in [6, 6.07) is 11.8. The average Bonchev–Trinajstić information content (AvgIpc) is 2.83. The van der Waals surface area contributed by atoms with Crippen molar-refractivity contribution in [3.8, 4) is 11.5 Å². The second kappa shape index (κ2) is 9.70. The van der Waals surface area contributed by atoms with Crippen LogP contribution in [-0.4, -0.2) is 18.7 Å². The van der Waals surface area contributed by atoms with Gasteiger partial charge in [0.2, 0.25) is 0 Å². The van der Waals surface area contributed by atoms with Crippen LogP contribution in [0.25, 0.3) is 0 Å². The topological polar surface area (TPSA) is 64.6 Å². The molecule has 0 saturated carbocycles. The van der Waals surface area contributed by atoms with Gasteiger partial charge in [-0.15, -0.1) is 0 Å². The molecule has 0 aromatic heterocycles. The summed E-state index contributed by atoms with van der Waals surface area (Å²) < 4.78 is 13.6. The molecule has 0 atom stereocenters. The van der Waals surface area contributed by atoms with E-state index >= 15 is 0 Å². The molecule has 0 spiro atoms. The third kappa shape index (κ3) is 4.24. The summed E-state index contributed by atoms with van der Waals surface area (Å²) in [5, 5.41) is 3.46. The lowest BCUT2D eigenvalue weighted by Crippen LogP contribution is -2.36. The monoisotopic (exact) mass is 585 g/mol. The first-order chi connectivity index (χ1) is 16.5. The van der Waals surface area contributed by atoms with Gasteiger partial charge in [0.15, 0.2) is 23.1 Å². The lowest BCUT2D eigenvalue weighted by atomic mass is 9.71. The number of rotatable bonds is 5. The summed E-state index contributed by atoms with van der Waals surface area (Å²) in [7, 11) is 1.60. The van der Waals surface area contributed by atoms with Gasteiger partial charge >= 0.3 is 0 Å². The molecule has 0 unspecified atom stereocenters. The molecule has 1 heterocycles. The van der Waals surface area contributed by atoms with E-state index in [1.54, 1.807) is 7.11 Å². The highest BCUT2D eigenvalue weighted by atomic mass is 79.9. The van der Waals surface area contributed by atoms with E-state index in [0.29, 0.717) is 30.9 Å². The summed E-state index contributed by atoms with van der Waals surface area (Å²) in [6.07, 6.45) is 4.35. The lowest BCUT2D eigenvalue weighted by Gasteiger charge is -2.37. The Morgan fingerprint density at radius 1 is 0.912 bits per heavy atom. The van der Waals surface area contributed by atoms with E-state index in [-0.39, 0.29) is 17.5 Å². The van der Waals surface area contributed by atoms with Crippen LogP contribution in [0.2, 0.25) is 0 Å². The number of benzene rings is 2. The number of Topliss-reactive ketones (excluding diaryl/α,β-unsaturated/α-hetero) is 2. The number of carbonyl (C=O) groups excluding carboxylic acids is 2. The Bertz CT molecular complexity index is 1210. The van der Waals surface area contributed by atoms with Gasteiger partial charge in [0.1, 0.15) is 6.61 Å². The molecule has 0 fully saturated rings. The van der Waals surface area contributed by atoms with Crippen LogP contribution in [0.3, 0.4) is 0 Å². The van der Waals surface area contributed by atoms with Crippen molar-refractivity contribution in [3.05, 3.63) is 79.0 Å². The number of allylic oxidation sites excluding steroid dienone is 4. The second-order valence-electron chi connectivity index (χ2n) is 8.81. The van der Waals surface area contributed by atoms with E-state index in [1.165, 1.54) is 0 Å². The third-order valence-corrected chi connectivity index (χ3v) is 8.07. The third-order valence-electron chi connectivity index (χ3n) is 6.71. The first kappa shape index (κ1) is 23.4. The van der Waals surface area contributed by atoms with Crippen molar-refractivity contribution in [3.63, 3.8) is 0 Å². The molecule has 0 amide bonds. The van der Waals surface area contributed by atoms with Gasteiger partial charge in [-0.1, -0.05) is 34.1 Å². The molecule has 0 radical (unpaired) electrons. The van der Waals surface area contributed by atoms with E-state index in [2.05, 4.69) is 37.2 Å². The van der Waals surface area contributed by atoms with Gasteiger partial charge in [0.25, 0.3) is 0 Å². The fraction of sp³-hybridized carbons (Fsp3) is 0.333. The Balaban J connectivity index is 1.57. The molecule has 0 saturated heterocycles. The van der Waals surface area contributed by atoms with Crippen LogP contribution >= 0.6 is 31.9 Å². The fourth-order valence-corrected chi connectivity index (χ4v) is 6.10. The van der Waals surface area contributed by atoms with E-state index < -0.39 is 0 Å². The molecular weight excluding hydrogens is 562 g/mol. The highest BCUT2D eigenvalue weighted by Gasteiger charge is 2.40. The number of halogens is 2. The van der Waals surface area contributed by atoms with E-state index in [1.807, 2.05) is 36.4 Å². The molecule has 5 rings (SSSR count). The van der Waals surface area contributed by atoms with Gasteiger partial charge in [-0.2, -0.15) is 0 Å². The number of ketones is 2. The number of nitrogens with one attached hydrogen (secondary N) is 1. The van der Waals surface area contributed by atoms with Gasteiger partial charge in [-0.05, 0) is 65.4 Å². The number of ether oxygens (including phenoxy) is 2. The predicted octanol–water partition coefficient (Wildman–Crippen LogP) is 6.50. The van der Waals surface area contributed by atoms with Crippen molar-refractivity contribution in [1.29, 1.82) is 0 Å². The smallest absolute Gasteiger partial charge is 0.175 e. The van der Waals surface area contributed by atoms with Gasteiger partial charge < -0.3 is 14.8 Å². The highest BCUT2D eigenvalue weighted by molar-refractivity contribution is 9.10. The van der Waals surface area contributed by atoms with E-state index in [4.69, 9.17) is 9.47 Å². The van der Waals surface area contributed by atoms with Gasteiger partial charge in [0.05, 0.1) is 11.6 Å². The maximum atomic E-state index is 13.1. The summed E-state index contributed by atoms with van der Waals surface area (Å²) in [5.41, 5.74) is 5.29. The SMILES string of the molecule is COc1cc(C2C3=C(CCCC3=O)NC3=C2C(=O)CCC3)cc(Br)c1OCc1ccccc1Br. The molecule has 34 heavy (non-hydrogen) atoms. The first-order valence-corrected chi connectivity index (χ1v) is 13.1. The lowest BCUT2D eigenvalue weighted by molar-refractivity contribution is -0.116. The number of hydrogen-bond acceptors (Lipinski definition) is 5. The molecular formula is C27H25Br2NO4. The average molecular weight is 587 g/mol. The molecule has 1 N–H and O–H groups in total. The Hall–Kier alpha value is -2.38.